The van der Waals surface area contributed by atoms with Gasteiger partial charge >= 0.3 is 5.97 Å². The lowest BCUT2D eigenvalue weighted by Crippen LogP contribution is -2.21. The first kappa shape index (κ1) is 19.0. The second-order valence-electron chi connectivity index (χ2n) is 5.12. The molecule has 0 radical (unpaired) electrons. The van der Waals surface area contributed by atoms with E-state index in [1.165, 1.54) is 6.07 Å². The molecule has 0 heterocycles. The molecule has 2 aromatic rings. The largest absolute Gasteiger partial charge is 0.456 e. The average Bonchev–Trinajstić information content (AvgIpc) is 2.61. The molecular formula is C18H15Cl2NO4. The van der Waals surface area contributed by atoms with Gasteiger partial charge in [0.2, 0.25) is 0 Å². The van der Waals surface area contributed by atoms with Gasteiger partial charge in [0.25, 0.3) is 5.91 Å². The number of carbonyl (C=O) groups excluding carboxylic acids is 3. The lowest BCUT2D eigenvalue weighted by Gasteiger charge is -2.08. The number of hydrogen-bond donors (Lipinski definition) is 1. The van der Waals surface area contributed by atoms with E-state index in [4.69, 9.17) is 27.9 Å². The van der Waals surface area contributed by atoms with Crippen LogP contribution in [0.3, 0.4) is 0 Å². The fraction of sp³-hybridized carbons (Fsp3) is 0.167. The van der Waals surface area contributed by atoms with Crippen molar-refractivity contribution in [2.45, 2.75) is 12.8 Å². The molecule has 1 amide bonds. The van der Waals surface area contributed by atoms with Gasteiger partial charge in [0, 0.05) is 17.0 Å². The maximum Gasteiger partial charge on any atom is 0.306 e. The highest BCUT2D eigenvalue weighted by atomic mass is 35.5. The molecule has 2 aromatic carbocycles. The Morgan fingerprint density at radius 2 is 1.68 bits per heavy atom. The Balaban J connectivity index is 1.74. The molecule has 1 N–H and O–H groups in total. The molecular weight excluding hydrogens is 365 g/mol. The van der Waals surface area contributed by atoms with Crippen molar-refractivity contribution in [2.24, 2.45) is 0 Å². The van der Waals surface area contributed by atoms with Crippen molar-refractivity contribution >= 4 is 46.5 Å². The van der Waals surface area contributed by atoms with E-state index < -0.39 is 18.5 Å². The van der Waals surface area contributed by atoms with Crippen LogP contribution < -0.4 is 5.32 Å². The second-order valence-corrected chi connectivity index (χ2v) is 5.97. The van der Waals surface area contributed by atoms with Crippen molar-refractivity contribution in [2.75, 3.05) is 11.9 Å². The van der Waals surface area contributed by atoms with Crippen LogP contribution in [0.5, 0.6) is 0 Å². The number of ether oxygens (including phenoxy) is 1. The van der Waals surface area contributed by atoms with Gasteiger partial charge in [0.15, 0.2) is 12.4 Å². The minimum Gasteiger partial charge on any atom is -0.456 e. The fourth-order valence-corrected chi connectivity index (χ4v) is 2.44. The van der Waals surface area contributed by atoms with Gasteiger partial charge in [-0.2, -0.15) is 0 Å². The third-order valence-electron chi connectivity index (χ3n) is 3.22. The molecule has 0 fully saturated rings. The number of nitrogens with one attached hydrogen (secondary N) is 1. The summed E-state index contributed by atoms with van der Waals surface area (Å²) >= 11 is 11.7. The van der Waals surface area contributed by atoms with Gasteiger partial charge in [-0.1, -0.05) is 53.5 Å². The number of hydrogen-bond acceptors (Lipinski definition) is 4. The van der Waals surface area contributed by atoms with E-state index in [1.807, 2.05) is 0 Å². The van der Waals surface area contributed by atoms with E-state index >= 15 is 0 Å². The Hall–Kier alpha value is -2.37. The molecule has 2 rings (SSSR count). The summed E-state index contributed by atoms with van der Waals surface area (Å²) in [7, 11) is 0. The van der Waals surface area contributed by atoms with Crippen LogP contribution >= 0.6 is 23.2 Å². The van der Waals surface area contributed by atoms with Gasteiger partial charge < -0.3 is 10.1 Å². The van der Waals surface area contributed by atoms with Crippen LogP contribution in [0.25, 0.3) is 0 Å². The van der Waals surface area contributed by atoms with E-state index in [0.29, 0.717) is 16.3 Å². The SMILES string of the molecule is O=C(COC(=O)CCC(=O)c1ccccc1)Nc1ccc(Cl)cc1Cl. The highest BCUT2D eigenvalue weighted by Gasteiger charge is 2.12. The maximum atomic E-state index is 11.9. The van der Waals surface area contributed by atoms with Crippen molar-refractivity contribution < 1.29 is 19.1 Å². The average molecular weight is 380 g/mol. The zero-order valence-electron chi connectivity index (χ0n) is 13.1. The summed E-state index contributed by atoms with van der Waals surface area (Å²) in [6.45, 7) is -0.461. The van der Waals surface area contributed by atoms with Crippen LogP contribution in [-0.2, 0) is 14.3 Å². The van der Waals surface area contributed by atoms with Crippen LogP contribution in [0, 0.1) is 0 Å². The van der Waals surface area contributed by atoms with Gasteiger partial charge in [0.05, 0.1) is 17.1 Å². The Morgan fingerprint density at radius 1 is 0.960 bits per heavy atom. The summed E-state index contributed by atoms with van der Waals surface area (Å²) < 4.78 is 4.85. The minimum absolute atomic E-state index is 0.0213. The predicted molar refractivity (Wildman–Crippen MR) is 96.1 cm³/mol. The van der Waals surface area contributed by atoms with Crippen molar-refractivity contribution in [3.8, 4) is 0 Å². The number of halogens is 2. The normalized spacial score (nSPS) is 10.2. The van der Waals surface area contributed by atoms with Crippen LogP contribution in [0.4, 0.5) is 5.69 Å². The highest BCUT2D eigenvalue weighted by molar-refractivity contribution is 6.36. The van der Waals surface area contributed by atoms with Gasteiger partial charge in [-0.25, -0.2) is 0 Å². The van der Waals surface area contributed by atoms with Gasteiger partial charge in [0.1, 0.15) is 0 Å². The predicted octanol–water partition coefficient (Wildman–Crippen LogP) is 4.14. The third-order valence-corrected chi connectivity index (χ3v) is 3.77. The minimum atomic E-state index is -0.623. The van der Waals surface area contributed by atoms with Crippen molar-refractivity contribution in [3.63, 3.8) is 0 Å². The third kappa shape index (κ3) is 6.21. The molecule has 5 nitrogen and oxygen atoms in total. The zero-order valence-corrected chi connectivity index (χ0v) is 14.6. The fourth-order valence-electron chi connectivity index (χ4n) is 1.98. The van der Waals surface area contributed by atoms with Crippen LogP contribution in [-0.4, -0.2) is 24.3 Å². The van der Waals surface area contributed by atoms with Crippen molar-refractivity contribution in [1.82, 2.24) is 0 Å². The smallest absolute Gasteiger partial charge is 0.306 e. The number of anilines is 1. The molecule has 0 aromatic heterocycles. The van der Waals surface area contributed by atoms with E-state index in [9.17, 15) is 14.4 Å². The Morgan fingerprint density at radius 3 is 2.36 bits per heavy atom. The summed E-state index contributed by atoms with van der Waals surface area (Å²) in [6.07, 6.45) is -0.0732. The molecule has 0 saturated carbocycles. The molecule has 0 unspecified atom stereocenters. The highest BCUT2D eigenvalue weighted by Crippen LogP contribution is 2.25. The number of Topliss-reactive ketones (excluding diaryl/α,β-unsaturated/α-hetero) is 1. The topological polar surface area (TPSA) is 72.5 Å². The lowest BCUT2D eigenvalue weighted by atomic mass is 10.1. The van der Waals surface area contributed by atoms with E-state index in [1.54, 1.807) is 42.5 Å². The van der Waals surface area contributed by atoms with Crippen LogP contribution in [0.1, 0.15) is 23.2 Å². The zero-order chi connectivity index (χ0) is 18.2. The summed E-state index contributed by atoms with van der Waals surface area (Å²) in [5, 5.41) is 3.23. The number of rotatable bonds is 7. The van der Waals surface area contributed by atoms with Gasteiger partial charge in [-0.05, 0) is 18.2 Å². The van der Waals surface area contributed by atoms with E-state index in [2.05, 4.69) is 5.32 Å². The van der Waals surface area contributed by atoms with Crippen LogP contribution in [0.2, 0.25) is 10.0 Å². The molecule has 0 aliphatic heterocycles. The summed E-state index contributed by atoms with van der Waals surface area (Å²) in [4.78, 5) is 35.3. The van der Waals surface area contributed by atoms with E-state index in [0.717, 1.165) is 0 Å². The van der Waals surface area contributed by atoms with Gasteiger partial charge in [-0.15, -0.1) is 0 Å². The van der Waals surface area contributed by atoms with Gasteiger partial charge in [-0.3, -0.25) is 14.4 Å². The Labute approximate surface area is 154 Å². The number of carbonyl (C=O) groups is 3. The maximum absolute atomic E-state index is 11.9. The first-order valence-electron chi connectivity index (χ1n) is 7.44. The molecule has 7 heteroatoms. The Kier molecular flexibility index (Phi) is 6.98. The number of amides is 1. The molecule has 130 valence electrons. The molecule has 0 bridgehead atoms. The molecule has 0 spiro atoms. The van der Waals surface area contributed by atoms with Crippen molar-refractivity contribution in [1.29, 1.82) is 0 Å². The van der Waals surface area contributed by atoms with Crippen molar-refractivity contribution in [3.05, 3.63) is 64.1 Å². The molecule has 0 aliphatic carbocycles. The monoisotopic (exact) mass is 379 g/mol. The summed E-state index contributed by atoms with van der Waals surface area (Å²) in [6, 6.07) is 13.3. The lowest BCUT2D eigenvalue weighted by molar-refractivity contribution is -0.147. The number of esters is 1. The molecule has 25 heavy (non-hydrogen) atoms. The molecule has 0 saturated heterocycles. The first-order valence-corrected chi connectivity index (χ1v) is 8.20. The first-order chi connectivity index (χ1) is 12.0. The van der Waals surface area contributed by atoms with Crippen LogP contribution in [0.15, 0.2) is 48.5 Å². The second kappa shape index (κ2) is 9.20. The number of ketones is 1. The molecule has 0 aliphatic rings. The Bertz CT molecular complexity index is 778. The quantitative estimate of drug-likeness (QED) is 0.579. The number of benzene rings is 2. The van der Waals surface area contributed by atoms with E-state index in [-0.39, 0.29) is 23.6 Å². The molecule has 0 atom stereocenters. The summed E-state index contributed by atoms with van der Waals surface area (Å²) in [5.74, 6) is -1.32. The standard InChI is InChI=1S/C18H15Cl2NO4/c19-13-6-7-15(14(20)10-13)21-17(23)11-25-18(24)9-8-16(22)12-4-2-1-3-5-12/h1-7,10H,8-9,11H2,(H,21,23). The summed E-state index contributed by atoms with van der Waals surface area (Å²) in [5.41, 5.74) is 0.900.